The summed E-state index contributed by atoms with van der Waals surface area (Å²) >= 11 is 0. The molecule has 7 nitrogen and oxygen atoms in total. The van der Waals surface area contributed by atoms with Gasteiger partial charge < -0.3 is 4.42 Å². The Hall–Kier alpha value is -6.21. The molecule has 44 heavy (non-hydrogen) atoms. The molecule has 0 saturated carbocycles. The highest BCUT2D eigenvalue weighted by Gasteiger charge is 2.20. The fourth-order valence-corrected chi connectivity index (χ4v) is 5.99. The van der Waals surface area contributed by atoms with Gasteiger partial charge in [0, 0.05) is 44.7 Å². The molecule has 4 aromatic heterocycles. The Morgan fingerprint density at radius 3 is 1.80 bits per heavy atom. The fraction of sp³-hybridized carbons (Fsp3) is 0. The standard InChI is InChI=1S/C37H22N6O/c1-3-9-23(10-4-1)34-40-35(24-11-5-2-6-12-24)42-36(41-34)25-15-17-26(18-16-25)43-33-27(29-21-38-22-39-37(29)43)19-20-31-32(33)28-13-7-8-14-30(28)44-31/h1-22H. The largest absolute Gasteiger partial charge is 0.456 e. The molecule has 9 aromatic rings. The highest BCUT2D eigenvalue weighted by atomic mass is 16.3. The van der Waals surface area contributed by atoms with E-state index in [2.05, 4.69) is 45.9 Å². The molecule has 0 N–H and O–H groups in total. The molecule has 4 heterocycles. The predicted molar refractivity (Wildman–Crippen MR) is 173 cm³/mol. The molecule has 5 aromatic carbocycles. The van der Waals surface area contributed by atoms with Gasteiger partial charge in [-0.3, -0.25) is 4.57 Å². The Labute approximate surface area is 251 Å². The predicted octanol–water partition coefficient (Wildman–Crippen LogP) is 8.66. The van der Waals surface area contributed by atoms with Gasteiger partial charge in [0.05, 0.1) is 10.9 Å². The van der Waals surface area contributed by atoms with Crippen molar-refractivity contribution in [2.75, 3.05) is 0 Å². The van der Waals surface area contributed by atoms with Crippen LogP contribution in [0, 0.1) is 0 Å². The molecule has 0 unspecified atom stereocenters. The van der Waals surface area contributed by atoms with Gasteiger partial charge >= 0.3 is 0 Å². The van der Waals surface area contributed by atoms with Crippen LogP contribution >= 0.6 is 0 Å². The van der Waals surface area contributed by atoms with Crippen LogP contribution in [0.25, 0.3) is 83.7 Å². The van der Waals surface area contributed by atoms with Gasteiger partial charge in [0.15, 0.2) is 17.5 Å². The summed E-state index contributed by atoms with van der Waals surface area (Å²) in [6.07, 6.45) is 3.47. The van der Waals surface area contributed by atoms with Crippen LogP contribution in [0.4, 0.5) is 0 Å². The van der Waals surface area contributed by atoms with Crippen LogP contribution in [0.3, 0.4) is 0 Å². The van der Waals surface area contributed by atoms with E-state index >= 15 is 0 Å². The van der Waals surface area contributed by atoms with Crippen LogP contribution in [0.2, 0.25) is 0 Å². The molecular weight excluding hydrogens is 544 g/mol. The maximum absolute atomic E-state index is 6.25. The zero-order valence-corrected chi connectivity index (χ0v) is 23.3. The first-order valence-electron chi connectivity index (χ1n) is 14.3. The van der Waals surface area contributed by atoms with E-state index in [9.17, 15) is 0 Å². The molecule has 0 aliphatic rings. The zero-order valence-electron chi connectivity index (χ0n) is 23.3. The number of aromatic nitrogens is 6. The minimum atomic E-state index is 0.608. The number of hydrogen-bond donors (Lipinski definition) is 0. The van der Waals surface area contributed by atoms with E-state index in [1.807, 2.05) is 91.1 Å². The van der Waals surface area contributed by atoms with Crippen molar-refractivity contribution in [3.05, 3.63) is 134 Å². The molecule has 0 radical (unpaired) electrons. The third kappa shape index (κ3) is 3.80. The zero-order chi connectivity index (χ0) is 29.0. The van der Waals surface area contributed by atoms with Gasteiger partial charge in [0.1, 0.15) is 23.1 Å². The average molecular weight is 567 g/mol. The summed E-state index contributed by atoms with van der Waals surface area (Å²) in [5, 5.41) is 4.17. The molecule has 0 bridgehead atoms. The van der Waals surface area contributed by atoms with Crippen LogP contribution in [0.5, 0.6) is 0 Å². The Bertz CT molecular complexity index is 2430. The van der Waals surface area contributed by atoms with E-state index in [4.69, 9.17) is 24.4 Å². The smallest absolute Gasteiger partial charge is 0.164 e. The van der Waals surface area contributed by atoms with Gasteiger partial charge in [-0.05, 0) is 42.5 Å². The first-order valence-corrected chi connectivity index (χ1v) is 14.3. The van der Waals surface area contributed by atoms with Gasteiger partial charge in [-0.2, -0.15) is 0 Å². The van der Waals surface area contributed by atoms with E-state index in [-0.39, 0.29) is 0 Å². The second-order valence-electron chi connectivity index (χ2n) is 10.6. The second kappa shape index (κ2) is 9.68. The highest BCUT2D eigenvalue weighted by molar-refractivity contribution is 6.23. The monoisotopic (exact) mass is 566 g/mol. The lowest BCUT2D eigenvalue weighted by Crippen LogP contribution is -2.00. The van der Waals surface area contributed by atoms with Crippen molar-refractivity contribution < 1.29 is 4.42 Å². The summed E-state index contributed by atoms with van der Waals surface area (Å²) in [4.78, 5) is 23.7. The number of fused-ring (bicyclic) bond motifs is 7. The van der Waals surface area contributed by atoms with E-state index in [1.54, 1.807) is 6.33 Å². The first kappa shape index (κ1) is 24.4. The molecule has 0 amide bonds. The summed E-state index contributed by atoms with van der Waals surface area (Å²) in [5.74, 6) is 1.87. The fourth-order valence-electron chi connectivity index (χ4n) is 5.99. The SMILES string of the molecule is c1ccc(-c2nc(-c3ccccc3)nc(-c3ccc(-n4c5ncncc5c5ccc6oc7ccccc7c6c54)cc3)n2)cc1. The van der Waals surface area contributed by atoms with Gasteiger partial charge in [0.25, 0.3) is 0 Å². The molecule has 0 aliphatic heterocycles. The molecular formula is C37H22N6O. The molecule has 0 atom stereocenters. The molecule has 7 heteroatoms. The molecule has 206 valence electrons. The number of nitrogens with zero attached hydrogens (tertiary/aromatic N) is 6. The lowest BCUT2D eigenvalue weighted by atomic mass is 10.1. The van der Waals surface area contributed by atoms with Crippen molar-refractivity contribution in [1.29, 1.82) is 0 Å². The number of rotatable bonds is 4. The molecule has 0 aliphatic carbocycles. The maximum Gasteiger partial charge on any atom is 0.164 e. The topological polar surface area (TPSA) is 82.5 Å². The molecule has 0 fully saturated rings. The quantitative estimate of drug-likeness (QED) is 0.212. The van der Waals surface area contributed by atoms with Gasteiger partial charge in [0.2, 0.25) is 0 Å². The van der Waals surface area contributed by atoms with Crippen molar-refractivity contribution in [2.24, 2.45) is 0 Å². The third-order valence-corrected chi connectivity index (χ3v) is 8.02. The van der Waals surface area contributed by atoms with Crippen LogP contribution in [-0.4, -0.2) is 29.5 Å². The maximum atomic E-state index is 6.25. The van der Waals surface area contributed by atoms with E-state index < -0.39 is 0 Å². The third-order valence-electron chi connectivity index (χ3n) is 8.02. The average Bonchev–Trinajstić information content (AvgIpc) is 3.65. The van der Waals surface area contributed by atoms with Crippen molar-refractivity contribution in [3.63, 3.8) is 0 Å². The summed E-state index contributed by atoms with van der Waals surface area (Å²) < 4.78 is 8.44. The lowest BCUT2D eigenvalue weighted by Gasteiger charge is -2.10. The van der Waals surface area contributed by atoms with Crippen molar-refractivity contribution in [2.45, 2.75) is 0 Å². The van der Waals surface area contributed by atoms with Crippen molar-refractivity contribution in [3.8, 4) is 39.9 Å². The summed E-state index contributed by atoms with van der Waals surface area (Å²) in [5.41, 5.74) is 7.28. The van der Waals surface area contributed by atoms with Crippen molar-refractivity contribution in [1.82, 2.24) is 29.5 Å². The van der Waals surface area contributed by atoms with Gasteiger partial charge in [-0.1, -0.05) is 78.9 Å². The number of furan rings is 1. The Morgan fingerprint density at radius 2 is 1.11 bits per heavy atom. The Kier molecular flexibility index (Phi) is 5.36. The molecule has 9 rings (SSSR count). The molecule has 0 saturated heterocycles. The minimum Gasteiger partial charge on any atom is -0.456 e. The second-order valence-corrected chi connectivity index (χ2v) is 10.6. The van der Waals surface area contributed by atoms with Crippen molar-refractivity contribution >= 4 is 43.9 Å². The Balaban J connectivity index is 1.25. The van der Waals surface area contributed by atoms with Crippen LogP contribution in [-0.2, 0) is 0 Å². The van der Waals surface area contributed by atoms with E-state index in [1.165, 1.54) is 0 Å². The van der Waals surface area contributed by atoms with E-state index in [0.29, 0.717) is 17.5 Å². The summed E-state index contributed by atoms with van der Waals surface area (Å²) in [6, 6.07) is 40.6. The first-order chi connectivity index (χ1) is 21.8. The lowest BCUT2D eigenvalue weighted by molar-refractivity contribution is 0.669. The van der Waals surface area contributed by atoms with Crippen LogP contribution < -0.4 is 0 Å². The highest BCUT2D eigenvalue weighted by Crippen LogP contribution is 2.40. The Morgan fingerprint density at radius 1 is 0.500 bits per heavy atom. The van der Waals surface area contributed by atoms with Crippen LogP contribution in [0.15, 0.2) is 138 Å². The molecule has 0 spiro atoms. The number of benzene rings is 5. The summed E-state index contributed by atoms with van der Waals surface area (Å²) in [6.45, 7) is 0. The number of hydrogen-bond acceptors (Lipinski definition) is 6. The van der Waals surface area contributed by atoms with Gasteiger partial charge in [-0.25, -0.2) is 24.9 Å². The van der Waals surface area contributed by atoms with Crippen LogP contribution in [0.1, 0.15) is 0 Å². The van der Waals surface area contributed by atoms with E-state index in [0.717, 1.165) is 66.3 Å². The van der Waals surface area contributed by atoms with Gasteiger partial charge in [-0.15, -0.1) is 0 Å². The number of para-hydroxylation sites is 1. The minimum absolute atomic E-state index is 0.608. The normalized spacial score (nSPS) is 11.6. The summed E-state index contributed by atoms with van der Waals surface area (Å²) in [7, 11) is 0.